The average Bonchev–Trinajstić information content (AvgIpc) is 4.13. The van der Waals surface area contributed by atoms with Gasteiger partial charge in [0.05, 0.1) is 24.1 Å². The zero-order valence-electron chi connectivity index (χ0n) is 35.3. The molecule has 4 amide bonds. The van der Waals surface area contributed by atoms with Crippen LogP contribution in [0.5, 0.6) is 11.6 Å². The van der Waals surface area contributed by atoms with Crippen LogP contribution in [0.15, 0.2) is 54.4 Å². The quantitative estimate of drug-likeness (QED) is 0.192. The monoisotopic (exact) mass is 845 g/mol. The van der Waals surface area contributed by atoms with Crippen molar-refractivity contribution in [3.8, 4) is 11.6 Å². The first-order valence-electron chi connectivity index (χ1n) is 21.8. The lowest BCUT2D eigenvalue weighted by Gasteiger charge is -2.29. The number of sulfonamides is 1. The van der Waals surface area contributed by atoms with Crippen LogP contribution in [0.1, 0.15) is 98.8 Å². The number of allylic oxidation sites excluding steroid dienone is 1. The van der Waals surface area contributed by atoms with Crippen molar-refractivity contribution < 1.29 is 41.8 Å². The highest BCUT2D eigenvalue weighted by atomic mass is 32.2. The summed E-state index contributed by atoms with van der Waals surface area (Å²) in [6, 6.07) is 6.47. The smallest absolute Gasteiger partial charge is 0.411 e. The minimum atomic E-state index is -4.00. The first-order chi connectivity index (χ1) is 28.6. The maximum atomic E-state index is 15.0. The number of nitrogens with zero attached hydrogens (tertiary/aromatic N) is 2. The van der Waals surface area contributed by atoms with Crippen LogP contribution in [0.2, 0.25) is 0 Å². The van der Waals surface area contributed by atoms with Gasteiger partial charge in [-0.1, -0.05) is 58.0 Å². The predicted octanol–water partition coefficient (Wildman–Crippen LogP) is 5.91. The highest BCUT2D eigenvalue weighted by Gasteiger charge is 2.63. The lowest BCUT2D eigenvalue weighted by atomic mass is 9.88. The Hall–Kier alpha value is -4.66. The van der Waals surface area contributed by atoms with Gasteiger partial charge in [0, 0.05) is 34.9 Å². The number of alkyl carbamates (subject to hydrolysis) is 1. The molecular formula is C45H59N5O9S. The molecule has 15 heteroatoms. The molecule has 60 heavy (non-hydrogen) atoms. The van der Waals surface area contributed by atoms with Crippen molar-refractivity contribution in [1.82, 2.24) is 25.2 Å². The van der Waals surface area contributed by atoms with Crippen LogP contribution >= 0.6 is 0 Å². The second kappa shape index (κ2) is 16.3. The maximum Gasteiger partial charge on any atom is 0.411 e. The summed E-state index contributed by atoms with van der Waals surface area (Å²) in [4.78, 5) is 62.8. The Labute approximate surface area is 352 Å². The summed E-state index contributed by atoms with van der Waals surface area (Å²) in [5, 5.41) is 7.21. The van der Waals surface area contributed by atoms with E-state index in [1.165, 1.54) is 11.1 Å². The number of rotatable bonds is 10. The molecular weight excluding hydrogens is 787 g/mol. The maximum absolute atomic E-state index is 15.0. The Balaban J connectivity index is 1.10. The van der Waals surface area contributed by atoms with Crippen molar-refractivity contribution in [1.29, 1.82) is 0 Å². The largest absolute Gasteiger partial charge is 0.491 e. The highest BCUT2D eigenvalue weighted by molar-refractivity contribution is 7.91. The highest BCUT2D eigenvalue weighted by Crippen LogP contribution is 2.57. The molecule has 4 saturated carbocycles. The third-order valence-corrected chi connectivity index (χ3v) is 16.2. The summed E-state index contributed by atoms with van der Waals surface area (Å²) in [6.45, 7) is 10.4. The number of pyridine rings is 1. The van der Waals surface area contributed by atoms with Crippen molar-refractivity contribution in [2.75, 3.05) is 13.2 Å². The molecule has 1 saturated heterocycles. The zero-order valence-corrected chi connectivity index (χ0v) is 36.1. The Morgan fingerprint density at radius 2 is 1.77 bits per heavy atom. The summed E-state index contributed by atoms with van der Waals surface area (Å²) >= 11 is 0. The molecule has 8 unspecified atom stereocenters. The van der Waals surface area contributed by atoms with Crippen molar-refractivity contribution >= 4 is 44.6 Å². The number of amides is 4. The van der Waals surface area contributed by atoms with Gasteiger partial charge in [0.25, 0.3) is 11.8 Å². The second-order valence-electron chi connectivity index (χ2n) is 18.6. The van der Waals surface area contributed by atoms with Crippen LogP contribution in [0.3, 0.4) is 0 Å². The van der Waals surface area contributed by atoms with Gasteiger partial charge >= 0.3 is 6.09 Å². The van der Waals surface area contributed by atoms with Gasteiger partial charge in [-0.15, -0.1) is 0 Å². The molecule has 0 spiro atoms. The van der Waals surface area contributed by atoms with Crippen molar-refractivity contribution in [2.45, 2.75) is 127 Å². The Morgan fingerprint density at radius 1 is 1.03 bits per heavy atom. The molecule has 8 rings (SSSR count). The van der Waals surface area contributed by atoms with E-state index in [0.29, 0.717) is 72.6 Å². The van der Waals surface area contributed by atoms with Crippen LogP contribution in [-0.4, -0.2) is 83.8 Å². The number of carbonyl (C=O) groups excluding carboxylic acids is 4. The molecule has 1 aromatic heterocycles. The molecule has 14 nitrogen and oxygen atoms in total. The Morgan fingerprint density at radius 3 is 2.48 bits per heavy atom. The molecule has 3 N–H and O–H groups in total. The molecule has 6 aliphatic rings. The van der Waals surface area contributed by atoms with E-state index in [0.717, 1.165) is 31.1 Å². The summed E-state index contributed by atoms with van der Waals surface area (Å²) in [5.74, 6) is 0.372. The number of nitrogens with one attached hydrogen (secondary N) is 3. The lowest BCUT2D eigenvalue weighted by molar-refractivity contribution is -0.138. The third kappa shape index (κ3) is 8.34. The summed E-state index contributed by atoms with van der Waals surface area (Å²) < 4.78 is 46.1. The van der Waals surface area contributed by atoms with E-state index in [4.69, 9.17) is 14.2 Å². The molecule has 4 aliphatic carbocycles. The van der Waals surface area contributed by atoms with Crippen LogP contribution in [-0.2, 0) is 29.1 Å². The van der Waals surface area contributed by atoms with Crippen molar-refractivity contribution in [3.05, 3.63) is 54.4 Å². The number of aromatic nitrogens is 1. The minimum absolute atomic E-state index is 0.00334. The standard InChI is InChI=1S/C45H59N5O9S/c1-6-17-57-38-24-46-40(33-14-10-9-13-32(33)38)58-31-21-37-39(51)48-45(42(53)49-60(55,56)44(5)15-16-44)22-29(45)12-8-7-11-26(2)18-27(3)36(41(52)50(37)25-31)23-47-43(54)59-30-19-34-28(4)35(34)20-30/h8-10,12-14,23-24,26-31,34-35,37H,6-7,11,15-22,25H2,1-5H3,(H,47,54)(H,48,51)(H,49,53)/b12-8?,36-23-. The van der Waals surface area contributed by atoms with Gasteiger partial charge in [0.1, 0.15) is 29.5 Å². The molecule has 0 radical (unpaired) electrons. The molecule has 2 aromatic rings. The van der Waals surface area contributed by atoms with Gasteiger partial charge in [-0.2, -0.15) is 0 Å². The fraction of sp³-hybridized carbons (Fsp3) is 0.622. The summed E-state index contributed by atoms with van der Waals surface area (Å²) in [6.07, 6.45) is 11.2. The van der Waals surface area contributed by atoms with Gasteiger partial charge in [0.15, 0.2) is 0 Å². The second-order valence-corrected chi connectivity index (χ2v) is 20.8. The molecule has 2 aliphatic heterocycles. The molecule has 8 atom stereocenters. The minimum Gasteiger partial charge on any atom is -0.491 e. The van der Waals surface area contributed by atoms with E-state index in [9.17, 15) is 27.6 Å². The zero-order chi connectivity index (χ0) is 42.6. The average molecular weight is 846 g/mol. The van der Waals surface area contributed by atoms with Gasteiger partial charge < -0.3 is 24.4 Å². The topological polar surface area (TPSA) is 182 Å². The third-order valence-electron chi connectivity index (χ3n) is 14.1. The van der Waals surface area contributed by atoms with Crippen LogP contribution in [0.25, 0.3) is 10.8 Å². The van der Waals surface area contributed by atoms with Crippen LogP contribution in [0.4, 0.5) is 4.79 Å². The number of fused-ring (bicyclic) bond motifs is 4. The van der Waals surface area contributed by atoms with Crippen LogP contribution < -0.4 is 24.8 Å². The molecule has 0 bridgehead atoms. The van der Waals surface area contributed by atoms with Gasteiger partial charge in [-0.25, -0.2) is 18.2 Å². The van der Waals surface area contributed by atoms with E-state index in [1.54, 1.807) is 13.1 Å². The number of hydrogen-bond acceptors (Lipinski definition) is 10. The van der Waals surface area contributed by atoms with E-state index < -0.39 is 62.2 Å². The van der Waals surface area contributed by atoms with E-state index in [1.807, 2.05) is 50.3 Å². The van der Waals surface area contributed by atoms with E-state index in [-0.39, 0.29) is 37.3 Å². The number of ether oxygens (including phenoxy) is 3. The molecule has 1 aromatic carbocycles. The number of benzene rings is 1. The van der Waals surface area contributed by atoms with Crippen molar-refractivity contribution in [3.63, 3.8) is 0 Å². The number of hydrogen-bond donors (Lipinski definition) is 3. The van der Waals surface area contributed by atoms with E-state index >= 15 is 0 Å². The van der Waals surface area contributed by atoms with Crippen molar-refractivity contribution in [2.24, 2.45) is 35.5 Å². The fourth-order valence-electron chi connectivity index (χ4n) is 9.75. The number of carbonyl (C=O) groups is 4. The fourth-order valence-corrected chi connectivity index (χ4v) is 11.1. The Bertz CT molecular complexity index is 2190. The van der Waals surface area contributed by atoms with Gasteiger partial charge in [0.2, 0.25) is 21.8 Å². The van der Waals surface area contributed by atoms with Crippen LogP contribution in [0, 0.1) is 35.5 Å². The van der Waals surface area contributed by atoms with E-state index in [2.05, 4.69) is 34.2 Å². The molecule has 324 valence electrons. The normalized spacial score (nSPS) is 34.0. The molecule has 3 heterocycles. The summed E-state index contributed by atoms with van der Waals surface area (Å²) in [7, 11) is -4.00. The molecule has 5 fully saturated rings. The lowest BCUT2D eigenvalue weighted by Crippen LogP contribution is -2.57. The first-order valence-corrected chi connectivity index (χ1v) is 23.3. The SMILES string of the molecule is CCCOc1cnc(OC2CC3C(=O)NC4(C(=O)NS(=O)(=O)C5(C)CC5)CC4C=CCCC(C)CC(C)/C(=C/NC(=O)OC4CC5C(C)C5C4)C(=O)N3C2)c2ccccc12. The first kappa shape index (κ1) is 42.0. The van der Waals surface area contributed by atoms with Gasteiger partial charge in [-0.05, 0) is 100 Å². The summed E-state index contributed by atoms with van der Waals surface area (Å²) in [5.41, 5.74) is -1.21. The predicted molar refractivity (Wildman–Crippen MR) is 224 cm³/mol. The Kier molecular flexibility index (Phi) is 11.4. The van der Waals surface area contributed by atoms with Gasteiger partial charge in [-0.3, -0.25) is 24.4 Å².